The van der Waals surface area contributed by atoms with Gasteiger partial charge in [-0.05, 0) is 41.4 Å². The summed E-state index contributed by atoms with van der Waals surface area (Å²) in [6.45, 7) is 0. The third-order valence-electron chi connectivity index (χ3n) is 5.08. The molecule has 1 aliphatic heterocycles. The van der Waals surface area contributed by atoms with Crippen LogP contribution in [0.2, 0.25) is 0 Å². The number of carbonyl (C=O) groups excluding carboxylic acids is 1. The molecule has 2 atom stereocenters. The molecule has 3 aromatic rings. The summed E-state index contributed by atoms with van der Waals surface area (Å²) in [7, 11) is 0. The van der Waals surface area contributed by atoms with E-state index in [0.717, 1.165) is 29.1 Å². The molecule has 2 N–H and O–H groups in total. The van der Waals surface area contributed by atoms with Crippen molar-refractivity contribution in [3.8, 4) is 0 Å². The molecule has 130 valence electrons. The monoisotopic (exact) mass is 378 g/mol. The van der Waals surface area contributed by atoms with Crippen LogP contribution in [0.3, 0.4) is 0 Å². The number of benzene rings is 1. The highest BCUT2D eigenvalue weighted by atomic mass is 32.1. The zero-order valence-electron chi connectivity index (χ0n) is 14.1. The number of allylic oxidation sites excluding steroid dienone is 1. The number of ketones is 1. The molecule has 3 nitrogen and oxygen atoms in total. The predicted molar refractivity (Wildman–Crippen MR) is 109 cm³/mol. The molecule has 0 saturated heterocycles. The Morgan fingerprint density at radius 2 is 1.58 bits per heavy atom. The molecule has 0 bridgehead atoms. The number of hydrogen-bond acceptors (Lipinski definition) is 5. The van der Waals surface area contributed by atoms with E-state index in [0.29, 0.717) is 6.42 Å². The normalized spacial score (nSPS) is 22.1. The molecule has 2 aliphatic rings. The fraction of sp³-hybridized carbons (Fsp3) is 0.190. The van der Waals surface area contributed by atoms with Crippen molar-refractivity contribution in [1.82, 2.24) is 0 Å². The van der Waals surface area contributed by atoms with Crippen LogP contribution in [0.15, 0.2) is 70.6 Å². The standard InChI is InChI=1S/C21H18N2OS2/c24-17-12-13(18-7-3-9-25-18)11-16-20(17)21(19-8-4-10-26-19)23-15-6-2-1-5-14(15)22-16/h1-10,13,21-23H,11-12H2/t13-,21+/m0/s1. The molecule has 26 heavy (non-hydrogen) atoms. The molecule has 0 saturated carbocycles. The van der Waals surface area contributed by atoms with Gasteiger partial charge in [0.05, 0.1) is 17.4 Å². The van der Waals surface area contributed by atoms with E-state index < -0.39 is 0 Å². The first-order valence-electron chi connectivity index (χ1n) is 8.75. The molecule has 5 rings (SSSR count). The fourth-order valence-electron chi connectivity index (χ4n) is 3.89. The average Bonchev–Trinajstić information content (AvgIpc) is 3.33. The molecular weight excluding hydrogens is 360 g/mol. The number of Topliss-reactive ketones (excluding diaryl/α,β-unsaturated/α-hetero) is 1. The van der Waals surface area contributed by atoms with Crippen molar-refractivity contribution in [3.05, 3.63) is 80.3 Å². The van der Waals surface area contributed by atoms with Crippen LogP contribution in [0.4, 0.5) is 11.4 Å². The Kier molecular flexibility index (Phi) is 3.91. The van der Waals surface area contributed by atoms with Crippen molar-refractivity contribution < 1.29 is 4.79 Å². The van der Waals surface area contributed by atoms with Crippen LogP contribution in [-0.4, -0.2) is 5.78 Å². The Morgan fingerprint density at radius 3 is 2.31 bits per heavy atom. The van der Waals surface area contributed by atoms with Crippen LogP contribution in [0, 0.1) is 0 Å². The van der Waals surface area contributed by atoms with Crippen molar-refractivity contribution >= 4 is 39.8 Å². The molecule has 0 spiro atoms. The largest absolute Gasteiger partial charge is 0.372 e. The maximum atomic E-state index is 13.2. The van der Waals surface area contributed by atoms with Gasteiger partial charge in [-0.25, -0.2) is 0 Å². The average molecular weight is 379 g/mol. The van der Waals surface area contributed by atoms with Crippen LogP contribution in [-0.2, 0) is 4.79 Å². The molecule has 5 heteroatoms. The smallest absolute Gasteiger partial charge is 0.163 e. The maximum Gasteiger partial charge on any atom is 0.163 e. The number of anilines is 2. The molecule has 0 amide bonds. The number of para-hydroxylation sites is 2. The second-order valence-corrected chi connectivity index (χ2v) is 8.66. The zero-order chi connectivity index (χ0) is 17.5. The van der Waals surface area contributed by atoms with E-state index in [1.807, 2.05) is 18.2 Å². The second kappa shape index (κ2) is 6.41. The number of carbonyl (C=O) groups is 1. The lowest BCUT2D eigenvalue weighted by molar-refractivity contribution is -0.116. The number of thiophene rings is 2. The van der Waals surface area contributed by atoms with Gasteiger partial charge >= 0.3 is 0 Å². The van der Waals surface area contributed by atoms with E-state index in [1.165, 1.54) is 9.75 Å². The van der Waals surface area contributed by atoms with Crippen molar-refractivity contribution in [2.45, 2.75) is 24.8 Å². The summed E-state index contributed by atoms with van der Waals surface area (Å²) in [6, 6.07) is 16.5. The van der Waals surface area contributed by atoms with Gasteiger partial charge in [0.25, 0.3) is 0 Å². The first-order valence-corrected chi connectivity index (χ1v) is 10.5. The van der Waals surface area contributed by atoms with Gasteiger partial charge in [0, 0.05) is 33.4 Å². The minimum Gasteiger partial charge on any atom is -0.372 e. The third kappa shape index (κ3) is 2.68. The van der Waals surface area contributed by atoms with Gasteiger partial charge in [-0.2, -0.15) is 0 Å². The summed E-state index contributed by atoms with van der Waals surface area (Å²) in [4.78, 5) is 15.7. The summed E-state index contributed by atoms with van der Waals surface area (Å²) >= 11 is 3.44. The van der Waals surface area contributed by atoms with Crippen LogP contribution < -0.4 is 10.6 Å². The molecule has 1 aliphatic carbocycles. The van der Waals surface area contributed by atoms with E-state index in [2.05, 4.69) is 51.7 Å². The zero-order valence-corrected chi connectivity index (χ0v) is 15.7. The Morgan fingerprint density at radius 1 is 0.846 bits per heavy atom. The van der Waals surface area contributed by atoms with E-state index in [4.69, 9.17) is 0 Å². The third-order valence-corrected chi connectivity index (χ3v) is 7.05. The summed E-state index contributed by atoms with van der Waals surface area (Å²) < 4.78 is 0. The Balaban J connectivity index is 1.62. The van der Waals surface area contributed by atoms with E-state index in [1.54, 1.807) is 22.7 Å². The summed E-state index contributed by atoms with van der Waals surface area (Å²) in [6.07, 6.45) is 1.46. The second-order valence-electron chi connectivity index (χ2n) is 6.70. The molecular formula is C21H18N2OS2. The van der Waals surface area contributed by atoms with Gasteiger partial charge in [0.2, 0.25) is 0 Å². The topological polar surface area (TPSA) is 41.1 Å². The van der Waals surface area contributed by atoms with Crippen molar-refractivity contribution in [2.24, 2.45) is 0 Å². The first-order chi connectivity index (χ1) is 12.8. The maximum absolute atomic E-state index is 13.2. The van der Waals surface area contributed by atoms with E-state index >= 15 is 0 Å². The van der Waals surface area contributed by atoms with Crippen molar-refractivity contribution in [3.63, 3.8) is 0 Å². The highest BCUT2D eigenvalue weighted by molar-refractivity contribution is 7.10. The highest BCUT2D eigenvalue weighted by Gasteiger charge is 2.36. The van der Waals surface area contributed by atoms with Gasteiger partial charge in [-0.3, -0.25) is 4.79 Å². The van der Waals surface area contributed by atoms with Gasteiger partial charge < -0.3 is 10.6 Å². The Labute approximate surface area is 160 Å². The van der Waals surface area contributed by atoms with Gasteiger partial charge in [-0.1, -0.05) is 24.3 Å². The van der Waals surface area contributed by atoms with Crippen molar-refractivity contribution in [1.29, 1.82) is 0 Å². The predicted octanol–water partition coefficient (Wildman–Crippen LogP) is 5.79. The van der Waals surface area contributed by atoms with Gasteiger partial charge in [0.1, 0.15) is 0 Å². The highest BCUT2D eigenvalue weighted by Crippen LogP contribution is 2.45. The molecule has 0 unspecified atom stereocenters. The number of fused-ring (bicyclic) bond motifs is 1. The molecule has 0 radical (unpaired) electrons. The van der Waals surface area contributed by atoms with Gasteiger partial charge in [0.15, 0.2) is 5.78 Å². The Bertz CT molecular complexity index is 973. The summed E-state index contributed by atoms with van der Waals surface area (Å²) in [5, 5.41) is 11.4. The van der Waals surface area contributed by atoms with Crippen LogP contribution in [0.5, 0.6) is 0 Å². The van der Waals surface area contributed by atoms with Crippen LogP contribution >= 0.6 is 22.7 Å². The molecule has 2 aromatic heterocycles. The fourth-order valence-corrected chi connectivity index (χ4v) is 5.50. The van der Waals surface area contributed by atoms with Crippen LogP contribution in [0.25, 0.3) is 0 Å². The molecule has 0 fully saturated rings. The first kappa shape index (κ1) is 15.9. The van der Waals surface area contributed by atoms with Crippen molar-refractivity contribution in [2.75, 3.05) is 10.6 Å². The van der Waals surface area contributed by atoms with Crippen LogP contribution in [0.1, 0.15) is 34.6 Å². The van der Waals surface area contributed by atoms with E-state index in [-0.39, 0.29) is 17.7 Å². The SMILES string of the molecule is O=C1C[C@@H](c2cccs2)CC2=C1[C@@H](c1cccs1)Nc1ccccc1N2. The summed E-state index contributed by atoms with van der Waals surface area (Å²) in [5.41, 5.74) is 4.05. The molecule has 1 aromatic carbocycles. The number of rotatable bonds is 2. The summed E-state index contributed by atoms with van der Waals surface area (Å²) in [5.74, 6) is 0.513. The Hall–Kier alpha value is -2.37. The minimum absolute atomic E-state index is 0.0852. The van der Waals surface area contributed by atoms with E-state index in [9.17, 15) is 4.79 Å². The number of nitrogens with one attached hydrogen (secondary N) is 2. The number of hydrogen-bond donors (Lipinski definition) is 2. The lowest BCUT2D eigenvalue weighted by Gasteiger charge is -2.28. The van der Waals surface area contributed by atoms with Gasteiger partial charge in [-0.15, -0.1) is 22.7 Å². The lowest BCUT2D eigenvalue weighted by Crippen LogP contribution is -2.26. The lowest BCUT2D eigenvalue weighted by atomic mass is 9.82. The quantitative estimate of drug-likeness (QED) is 0.593. The minimum atomic E-state index is -0.0852. The molecule has 3 heterocycles.